The topological polar surface area (TPSA) is 105 Å². The Morgan fingerprint density at radius 2 is 2.13 bits per heavy atom. The number of hydrogen-bond donors (Lipinski definition) is 1. The number of fused-ring (bicyclic) bond motifs is 1. The van der Waals surface area contributed by atoms with Gasteiger partial charge in [-0.05, 0) is 25.8 Å². The van der Waals surface area contributed by atoms with Crippen LogP contribution in [0.1, 0.15) is 23.8 Å². The summed E-state index contributed by atoms with van der Waals surface area (Å²) in [6, 6.07) is 0. The van der Waals surface area contributed by atoms with E-state index in [1.807, 2.05) is 18.7 Å². The summed E-state index contributed by atoms with van der Waals surface area (Å²) in [6.07, 6.45) is 1.98. The van der Waals surface area contributed by atoms with E-state index in [9.17, 15) is 14.0 Å². The molecule has 30 heavy (non-hydrogen) atoms. The third-order valence-corrected chi connectivity index (χ3v) is 6.33. The second-order valence-corrected chi connectivity index (χ2v) is 7.93. The van der Waals surface area contributed by atoms with Crippen LogP contribution in [-0.2, 0) is 24.4 Å². The number of halogens is 1. The molecule has 9 nitrogen and oxygen atoms in total. The van der Waals surface area contributed by atoms with Gasteiger partial charge in [0.2, 0.25) is 12.2 Å². The lowest BCUT2D eigenvalue weighted by molar-refractivity contribution is 0.137. The summed E-state index contributed by atoms with van der Waals surface area (Å²) >= 11 is 1.36. The van der Waals surface area contributed by atoms with Crippen molar-refractivity contribution in [2.45, 2.75) is 39.9 Å². The fourth-order valence-corrected chi connectivity index (χ4v) is 4.84. The molecule has 0 unspecified atom stereocenters. The highest BCUT2D eigenvalue weighted by Crippen LogP contribution is 2.29. The van der Waals surface area contributed by atoms with E-state index in [1.165, 1.54) is 20.5 Å². The molecule has 0 spiro atoms. The SMILES string of the molecule is CCOCCn1c(=O)c2c(C)c(CN3CCN/C3=N\C#N)sc2n(CCCF)c1=O. The zero-order chi connectivity index (χ0) is 21.7. The predicted octanol–water partition coefficient (Wildman–Crippen LogP) is 1.17. The number of nitriles is 1. The quantitative estimate of drug-likeness (QED) is 0.467. The van der Waals surface area contributed by atoms with Crippen molar-refractivity contribution in [3.8, 4) is 6.19 Å². The Hall–Kier alpha value is -2.71. The lowest BCUT2D eigenvalue weighted by Crippen LogP contribution is -2.40. The molecule has 1 N–H and O–H groups in total. The van der Waals surface area contributed by atoms with Gasteiger partial charge in [-0.2, -0.15) is 5.26 Å². The monoisotopic (exact) mass is 436 g/mol. The average Bonchev–Trinajstić information content (AvgIpc) is 3.29. The van der Waals surface area contributed by atoms with Gasteiger partial charge in [-0.25, -0.2) is 4.79 Å². The van der Waals surface area contributed by atoms with Crippen molar-refractivity contribution in [2.75, 3.05) is 33.0 Å². The van der Waals surface area contributed by atoms with E-state index in [2.05, 4.69) is 10.3 Å². The highest BCUT2D eigenvalue weighted by molar-refractivity contribution is 7.18. The fourth-order valence-electron chi connectivity index (χ4n) is 3.51. The highest BCUT2D eigenvalue weighted by Gasteiger charge is 2.24. The summed E-state index contributed by atoms with van der Waals surface area (Å²) in [6.45, 7) is 6.08. The first kappa shape index (κ1) is 22.0. The normalized spacial score (nSPS) is 15.1. The number of aryl methyl sites for hydroxylation is 2. The number of aromatic nitrogens is 2. The van der Waals surface area contributed by atoms with E-state index in [0.717, 1.165) is 10.4 Å². The molecule has 2 aromatic heterocycles. The van der Waals surface area contributed by atoms with Gasteiger partial charge in [-0.1, -0.05) is 0 Å². The minimum absolute atomic E-state index is 0.150. The van der Waals surface area contributed by atoms with Crippen LogP contribution in [0.25, 0.3) is 10.2 Å². The van der Waals surface area contributed by atoms with Gasteiger partial charge >= 0.3 is 5.69 Å². The molecular formula is C19H25FN6O3S. The number of ether oxygens (including phenoxy) is 1. The standard InChI is InChI=1S/C19H25FN6O3S/c1-3-29-10-9-25-16(27)15-13(2)14(11-24-8-6-22-18(24)23-12-21)30-17(15)26(19(25)28)7-4-5-20/h3-11H2,1-2H3,(H,22,23). The highest BCUT2D eigenvalue weighted by atomic mass is 32.1. The minimum atomic E-state index is -0.545. The van der Waals surface area contributed by atoms with Crippen LogP contribution in [0.3, 0.4) is 0 Å². The first-order valence-electron chi connectivity index (χ1n) is 9.88. The second-order valence-electron chi connectivity index (χ2n) is 6.84. The van der Waals surface area contributed by atoms with Gasteiger partial charge in [0.1, 0.15) is 4.83 Å². The number of rotatable bonds is 9. The first-order chi connectivity index (χ1) is 14.5. The van der Waals surface area contributed by atoms with E-state index in [1.54, 1.807) is 6.19 Å². The molecule has 1 saturated heterocycles. The van der Waals surface area contributed by atoms with Gasteiger partial charge in [0.25, 0.3) is 5.56 Å². The van der Waals surface area contributed by atoms with Gasteiger partial charge < -0.3 is 15.0 Å². The van der Waals surface area contributed by atoms with Gasteiger partial charge in [0.05, 0.1) is 31.8 Å². The van der Waals surface area contributed by atoms with Gasteiger partial charge in [0.15, 0.2) is 0 Å². The van der Waals surface area contributed by atoms with Crippen LogP contribution in [0.2, 0.25) is 0 Å². The van der Waals surface area contributed by atoms with Crippen molar-refractivity contribution in [3.05, 3.63) is 31.3 Å². The number of guanidine groups is 1. The van der Waals surface area contributed by atoms with Crippen LogP contribution in [0.5, 0.6) is 0 Å². The summed E-state index contributed by atoms with van der Waals surface area (Å²) in [4.78, 5) is 33.3. The zero-order valence-corrected chi connectivity index (χ0v) is 17.9. The second kappa shape index (κ2) is 9.86. The van der Waals surface area contributed by atoms with Gasteiger partial charge in [0, 0.05) is 31.1 Å². The minimum Gasteiger partial charge on any atom is -0.380 e. The van der Waals surface area contributed by atoms with Crippen LogP contribution >= 0.6 is 11.3 Å². The van der Waals surface area contributed by atoms with E-state index < -0.39 is 12.4 Å². The molecule has 1 aliphatic heterocycles. The number of nitrogens with zero attached hydrogens (tertiary/aromatic N) is 5. The molecule has 162 valence electrons. The Labute approximate surface area is 177 Å². The molecule has 0 aromatic carbocycles. The molecule has 0 radical (unpaired) electrons. The smallest absolute Gasteiger partial charge is 0.332 e. The molecular weight excluding hydrogens is 411 g/mol. The molecule has 0 atom stereocenters. The van der Waals surface area contributed by atoms with Crippen molar-refractivity contribution in [1.82, 2.24) is 19.4 Å². The number of nitrogens with one attached hydrogen (secondary N) is 1. The van der Waals surface area contributed by atoms with Crippen molar-refractivity contribution >= 4 is 27.5 Å². The molecule has 1 fully saturated rings. The third kappa shape index (κ3) is 4.24. The lowest BCUT2D eigenvalue weighted by atomic mass is 10.2. The predicted molar refractivity (Wildman–Crippen MR) is 114 cm³/mol. The first-order valence-corrected chi connectivity index (χ1v) is 10.7. The molecule has 0 saturated carbocycles. The van der Waals surface area contributed by atoms with Crippen LogP contribution in [0.4, 0.5) is 4.39 Å². The van der Waals surface area contributed by atoms with E-state index in [-0.39, 0.29) is 31.7 Å². The zero-order valence-electron chi connectivity index (χ0n) is 17.1. The van der Waals surface area contributed by atoms with E-state index >= 15 is 0 Å². The molecule has 0 bridgehead atoms. The molecule has 0 aliphatic carbocycles. The van der Waals surface area contributed by atoms with Gasteiger partial charge in [-0.3, -0.25) is 18.3 Å². The Balaban J connectivity index is 2.09. The number of hydrogen-bond acceptors (Lipinski definition) is 6. The summed E-state index contributed by atoms with van der Waals surface area (Å²) in [5, 5.41) is 12.4. The van der Waals surface area contributed by atoms with Crippen molar-refractivity contribution in [1.29, 1.82) is 5.26 Å². The Morgan fingerprint density at radius 1 is 1.33 bits per heavy atom. The molecule has 0 amide bonds. The van der Waals surface area contributed by atoms with Crippen molar-refractivity contribution in [3.63, 3.8) is 0 Å². The number of aliphatic imine (C=N–C) groups is 1. The molecule has 11 heteroatoms. The average molecular weight is 437 g/mol. The molecule has 2 aromatic rings. The summed E-state index contributed by atoms with van der Waals surface area (Å²) < 4.78 is 20.9. The third-order valence-electron chi connectivity index (χ3n) is 5.03. The van der Waals surface area contributed by atoms with Crippen LogP contribution < -0.4 is 16.6 Å². The maximum absolute atomic E-state index is 13.1. The number of alkyl halides is 1. The van der Waals surface area contributed by atoms with Crippen LogP contribution in [-0.4, -0.2) is 53.0 Å². The summed E-state index contributed by atoms with van der Waals surface area (Å²) in [5.41, 5.74) is 0.00190. The van der Waals surface area contributed by atoms with Crippen molar-refractivity contribution < 1.29 is 9.13 Å². The fraction of sp³-hybridized carbons (Fsp3) is 0.579. The summed E-state index contributed by atoms with van der Waals surface area (Å²) in [5.74, 6) is 0.498. The Kier molecular flexibility index (Phi) is 7.23. The lowest BCUT2D eigenvalue weighted by Gasteiger charge is -2.15. The largest absolute Gasteiger partial charge is 0.380 e. The maximum Gasteiger partial charge on any atom is 0.332 e. The molecule has 1 aliphatic rings. The molecule has 3 rings (SSSR count). The maximum atomic E-state index is 13.1. The number of thiophene rings is 1. The van der Waals surface area contributed by atoms with Gasteiger partial charge in [-0.15, -0.1) is 16.3 Å². The van der Waals surface area contributed by atoms with E-state index in [0.29, 0.717) is 42.4 Å². The Morgan fingerprint density at radius 3 is 2.83 bits per heavy atom. The van der Waals surface area contributed by atoms with Crippen LogP contribution in [0.15, 0.2) is 14.6 Å². The van der Waals surface area contributed by atoms with Crippen molar-refractivity contribution in [2.24, 2.45) is 4.99 Å². The molecule has 3 heterocycles. The Bertz CT molecular complexity index is 1100. The van der Waals surface area contributed by atoms with Crippen LogP contribution in [0, 0.1) is 18.4 Å². The van der Waals surface area contributed by atoms with E-state index in [4.69, 9.17) is 10.00 Å². The summed E-state index contributed by atoms with van der Waals surface area (Å²) in [7, 11) is 0.